The molecule has 35 heavy (non-hydrogen) atoms. The number of fused-ring (bicyclic) bond motifs is 5. The molecule has 3 saturated carbocycles. The summed E-state index contributed by atoms with van der Waals surface area (Å²) in [4.78, 5) is 25.3. The maximum absolute atomic E-state index is 13.1. The normalized spacial score (nSPS) is 38.3. The van der Waals surface area contributed by atoms with Crippen molar-refractivity contribution >= 4 is 11.8 Å². The van der Waals surface area contributed by atoms with E-state index in [1.807, 2.05) is 6.08 Å². The Morgan fingerprint density at radius 3 is 2.34 bits per heavy atom. The fraction of sp³-hybridized carbons (Fsp3) is 0.875. The van der Waals surface area contributed by atoms with Crippen molar-refractivity contribution in [2.24, 2.45) is 28.6 Å². The molecule has 0 unspecified atom stereocenters. The summed E-state index contributed by atoms with van der Waals surface area (Å²) >= 11 is 0. The molecule has 0 saturated heterocycles. The average molecular weight is 485 g/mol. The Hall–Kier alpha value is -1.12. The van der Waals surface area contributed by atoms with Gasteiger partial charge in [-0.15, -0.1) is 0 Å². The molecule has 0 aromatic carbocycles. The van der Waals surface area contributed by atoms with Crippen LogP contribution in [0.5, 0.6) is 0 Å². The first-order chi connectivity index (χ1) is 16.8. The van der Waals surface area contributed by atoms with Gasteiger partial charge in [0, 0.05) is 18.3 Å². The molecular formula is C32H52O3. The van der Waals surface area contributed by atoms with Gasteiger partial charge in [0.25, 0.3) is 0 Å². The number of hydrogen-bond acceptors (Lipinski definition) is 3. The number of carbonyl (C=O) groups is 2. The summed E-state index contributed by atoms with van der Waals surface area (Å²) in [5, 5.41) is 0. The van der Waals surface area contributed by atoms with Gasteiger partial charge in [0.1, 0.15) is 5.60 Å². The lowest BCUT2D eigenvalue weighted by molar-refractivity contribution is -0.186. The first-order valence-electron chi connectivity index (χ1n) is 15.3. The molecule has 0 heterocycles. The van der Waals surface area contributed by atoms with Crippen LogP contribution in [0, 0.1) is 28.6 Å². The first kappa shape index (κ1) is 26.9. The lowest BCUT2D eigenvalue weighted by Gasteiger charge is -2.59. The summed E-state index contributed by atoms with van der Waals surface area (Å²) in [7, 11) is 0. The number of carbonyl (C=O) groups excluding carboxylic acids is 2. The molecule has 4 aliphatic rings. The van der Waals surface area contributed by atoms with Gasteiger partial charge in [0.15, 0.2) is 5.78 Å². The Morgan fingerprint density at radius 1 is 0.886 bits per heavy atom. The number of rotatable bonds is 11. The van der Waals surface area contributed by atoms with Crippen LogP contribution in [0.3, 0.4) is 0 Å². The molecule has 0 N–H and O–H groups in total. The fourth-order valence-electron chi connectivity index (χ4n) is 9.18. The Labute approximate surface area is 215 Å². The van der Waals surface area contributed by atoms with Crippen molar-refractivity contribution < 1.29 is 14.3 Å². The third-order valence-corrected chi connectivity index (χ3v) is 11.2. The van der Waals surface area contributed by atoms with E-state index in [2.05, 4.69) is 27.7 Å². The molecule has 0 bridgehead atoms. The predicted molar refractivity (Wildman–Crippen MR) is 143 cm³/mol. The maximum atomic E-state index is 13.1. The topological polar surface area (TPSA) is 43.4 Å². The highest BCUT2D eigenvalue weighted by atomic mass is 16.6. The van der Waals surface area contributed by atoms with Crippen LogP contribution in [0.1, 0.15) is 143 Å². The standard InChI is InChI=1S/C32H52O3/c1-5-7-8-9-10-11-12-13-29(34)35-32(19-6-2)22-18-28-26-15-14-24-23-25(33)16-20-30(24,3)27(26)17-21-31(28,32)4/h23,26-28H,5-22H2,1-4H3/t26-,27+,28+,30+,31+,32+/m1/s1. The van der Waals surface area contributed by atoms with E-state index in [1.54, 1.807) is 0 Å². The molecule has 198 valence electrons. The van der Waals surface area contributed by atoms with Gasteiger partial charge in [-0.1, -0.05) is 78.2 Å². The van der Waals surface area contributed by atoms with Gasteiger partial charge in [-0.25, -0.2) is 0 Å². The zero-order chi connectivity index (χ0) is 25.1. The summed E-state index contributed by atoms with van der Waals surface area (Å²) in [5.74, 6) is 2.45. The first-order valence-corrected chi connectivity index (χ1v) is 15.3. The van der Waals surface area contributed by atoms with Crippen LogP contribution in [-0.4, -0.2) is 17.4 Å². The molecule has 3 heteroatoms. The molecule has 0 aliphatic heterocycles. The minimum Gasteiger partial charge on any atom is -0.458 e. The molecule has 0 spiro atoms. The van der Waals surface area contributed by atoms with Gasteiger partial charge in [-0.2, -0.15) is 0 Å². The Morgan fingerprint density at radius 2 is 1.60 bits per heavy atom. The summed E-state index contributed by atoms with van der Waals surface area (Å²) in [6.07, 6.45) is 22.0. The second kappa shape index (κ2) is 11.1. The largest absolute Gasteiger partial charge is 0.458 e. The molecule has 0 aromatic heterocycles. The van der Waals surface area contributed by atoms with E-state index in [9.17, 15) is 9.59 Å². The van der Waals surface area contributed by atoms with Crippen LogP contribution in [-0.2, 0) is 14.3 Å². The number of hydrogen-bond donors (Lipinski definition) is 0. The lowest BCUT2D eigenvalue weighted by atomic mass is 9.46. The summed E-state index contributed by atoms with van der Waals surface area (Å²) in [6.45, 7) is 9.45. The highest BCUT2D eigenvalue weighted by Gasteiger charge is 2.65. The van der Waals surface area contributed by atoms with Crippen molar-refractivity contribution in [2.45, 2.75) is 149 Å². The van der Waals surface area contributed by atoms with Crippen molar-refractivity contribution in [1.29, 1.82) is 0 Å². The molecule has 4 rings (SSSR count). The second-order valence-corrected chi connectivity index (χ2v) is 13.1. The third kappa shape index (κ3) is 5.04. The number of allylic oxidation sites excluding steroid dienone is 1. The minimum atomic E-state index is -0.269. The lowest BCUT2D eigenvalue weighted by Crippen LogP contribution is -2.56. The highest BCUT2D eigenvalue weighted by molar-refractivity contribution is 5.91. The van der Waals surface area contributed by atoms with Crippen LogP contribution >= 0.6 is 0 Å². The zero-order valence-electron chi connectivity index (χ0n) is 23.3. The molecule has 0 amide bonds. The molecule has 3 fully saturated rings. The Kier molecular flexibility index (Phi) is 8.54. The van der Waals surface area contributed by atoms with E-state index in [1.165, 1.54) is 63.4 Å². The van der Waals surface area contributed by atoms with Gasteiger partial charge in [0.05, 0.1) is 0 Å². The van der Waals surface area contributed by atoms with E-state index < -0.39 is 0 Å². The van der Waals surface area contributed by atoms with Gasteiger partial charge >= 0.3 is 5.97 Å². The summed E-state index contributed by atoms with van der Waals surface area (Å²) in [6, 6.07) is 0. The Balaban J connectivity index is 1.42. The van der Waals surface area contributed by atoms with Crippen LogP contribution < -0.4 is 0 Å². The third-order valence-electron chi connectivity index (χ3n) is 11.2. The van der Waals surface area contributed by atoms with Crippen molar-refractivity contribution in [3.63, 3.8) is 0 Å². The monoisotopic (exact) mass is 484 g/mol. The SMILES string of the molecule is CCCCCCCCCC(=O)O[C@@]1(CCC)CC[C@H]2[C@@H]3CCC4=CC(=O)CC[C@]4(C)[C@H]3CC[C@@]21C. The Bertz CT molecular complexity index is 799. The smallest absolute Gasteiger partial charge is 0.306 e. The number of esters is 1. The van der Waals surface area contributed by atoms with Crippen molar-refractivity contribution in [2.75, 3.05) is 0 Å². The van der Waals surface area contributed by atoms with E-state index in [4.69, 9.17) is 4.74 Å². The van der Waals surface area contributed by atoms with E-state index >= 15 is 0 Å². The molecular weight excluding hydrogens is 432 g/mol. The van der Waals surface area contributed by atoms with Crippen LogP contribution in [0.25, 0.3) is 0 Å². The zero-order valence-corrected chi connectivity index (χ0v) is 23.3. The van der Waals surface area contributed by atoms with E-state index in [-0.39, 0.29) is 22.4 Å². The second-order valence-electron chi connectivity index (χ2n) is 13.1. The number of ketones is 1. The minimum absolute atomic E-state index is 0.0580. The predicted octanol–water partition coefficient (Wildman–Crippen LogP) is 8.74. The number of unbranched alkanes of at least 4 members (excludes halogenated alkanes) is 6. The van der Waals surface area contributed by atoms with Crippen LogP contribution in [0.2, 0.25) is 0 Å². The average Bonchev–Trinajstić information content (AvgIpc) is 3.11. The maximum Gasteiger partial charge on any atom is 0.306 e. The molecule has 0 aromatic rings. The van der Waals surface area contributed by atoms with Crippen molar-refractivity contribution in [1.82, 2.24) is 0 Å². The molecule has 6 atom stereocenters. The number of ether oxygens (including phenoxy) is 1. The summed E-state index contributed by atoms with van der Waals surface area (Å²) < 4.78 is 6.59. The molecule has 0 radical (unpaired) electrons. The molecule has 4 aliphatic carbocycles. The quantitative estimate of drug-likeness (QED) is 0.217. The van der Waals surface area contributed by atoms with Crippen molar-refractivity contribution in [3.8, 4) is 0 Å². The molecule has 3 nitrogen and oxygen atoms in total. The highest BCUT2D eigenvalue weighted by Crippen LogP contribution is 2.69. The summed E-state index contributed by atoms with van der Waals surface area (Å²) in [5.41, 5.74) is 1.48. The van der Waals surface area contributed by atoms with Crippen LogP contribution in [0.15, 0.2) is 11.6 Å². The van der Waals surface area contributed by atoms with Gasteiger partial charge in [-0.3, -0.25) is 9.59 Å². The van der Waals surface area contributed by atoms with E-state index in [0.717, 1.165) is 51.4 Å². The van der Waals surface area contributed by atoms with Gasteiger partial charge in [-0.05, 0) is 87.0 Å². The van der Waals surface area contributed by atoms with Gasteiger partial charge in [0.2, 0.25) is 0 Å². The van der Waals surface area contributed by atoms with Gasteiger partial charge < -0.3 is 4.74 Å². The van der Waals surface area contributed by atoms with Crippen molar-refractivity contribution in [3.05, 3.63) is 11.6 Å². The van der Waals surface area contributed by atoms with E-state index in [0.29, 0.717) is 30.0 Å². The van der Waals surface area contributed by atoms with Crippen LogP contribution in [0.4, 0.5) is 0 Å². The fourth-order valence-corrected chi connectivity index (χ4v) is 9.18.